The molecule has 0 heterocycles. The van der Waals surface area contributed by atoms with E-state index in [0.29, 0.717) is 0 Å². The van der Waals surface area contributed by atoms with E-state index in [0.717, 1.165) is 11.9 Å². The zero-order valence-electron chi connectivity index (χ0n) is 7.55. The Morgan fingerprint density at radius 1 is 1.54 bits per heavy atom. The van der Waals surface area contributed by atoms with Gasteiger partial charge in [0.1, 0.15) is 6.04 Å². The van der Waals surface area contributed by atoms with Gasteiger partial charge in [0, 0.05) is 14.1 Å². The van der Waals surface area contributed by atoms with Crippen molar-refractivity contribution < 1.29 is 13.2 Å². The second-order valence-electron chi connectivity index (χ2n) is 2.46. The molecule has 0 aromatic carbocycles. The molecule has 0 spiro atoms. The minimum Gasteiger partial charge on any atom is -0.340 e. The Morgan fingerprint density at radius 2 is 2.00 bits per heavy atom. The smallest absolute Gasteiger partial charge is 0.340 e. The molecule has 0 saturated carbocycles. The van der Waals surface area contributed by atoms with Crippen molar-refractivity contribution in [1.29, 1.82) is 5.26 Å². The van der Waals surface area contributed by atoms with Crippen LogP contribution >= 0.6 is 0 Å². The molecular formula is C7H10F3N3. The minimum atomic E-state index is -4.51. The number of hydrogen-bond donors (Lipinski definition) is 0. The van der Waals surface area contributed by atoms with E-state index in [1.165, 1.54) is 14.0 Å². The van der Waals surface area contributed by atoms with Crippen molar-refractivity contribution in [3.63, 3.8) is 0 Å². The fourth-order valence-corrected chi connectivity index (χ4v) is 0.755. The van der Waals surface area contributed by atoms with Crippen LogP contribution in [0.5, 0.6) is 0 Å². The van der Waals surface area contributed by atoms with Crippen LogP contribution in [0.1, 0.15) is 6.92 Å². The molecule has 74 valence electrons. The van der Waals surface area contributed by atoms with Gasteiger partial charge in [-0.05, 0) is 6.92 Å². The molecule has 13 heavy (non-hydrogen) atoms. The van der Waals surface area contributed by atoms with Crippen molar-refractivity contribution in [3.8, 4) is 6.07 Å². The van der Waals surface area contributed by atoms with Crippen molar-refractivity contribution in [2.75, 3.05) is 14.1 Å². The highest BCUT2D eigenvalue weighted by Gasteiger charge is 2.39. The molecule has 0 bridgehead atoms. The molecular weight excluding hydrogens is 183 g/mol. The lowest BCUT2D eigenvalue weighted by molar-refractivity contribution is -0.0685. The first-order valence-corrected chi connectivity index (χ1v) is 3.51. The maximum absolute atomic E-state index is 12.2. The average molecular weight is 193 g/mol. The Hall–Kier alpha value is -1.25. The number of rotatable bonds is 1. The zero-order valence-corrected chi connectivity index (χ0v) is 7.55. The molecule has 0 radical (unpaired) electrons. The topological polar surface area (TPSA) is 39.4 Å². The van der Waals surface area contributed by atoms with Crippen LogP contribution in [0, 0.1) is 11.3 Å². The van der Waals surface area contributed by atoms with E-state index >= 15 is 0 Å². The van der Waals surface area contributed by atoms with E-state index in [2.05, 4.69) is 4.99 Å². The molecule has 0 N–H and O–H groups in total. The molecule has 0 aliphatic rings. The van der Waals surface area contributed by atoms with Crippen LogP contribution < -0.4 is 0 Å². The highest BCUT2D eigenvalue weighted by molar-refractivity contribution is 5.87. The van der Waals surface area contributed by atoms with Crippen LogP contribution in [-0.4, -0.2) is 37.0 Å². The number of hydrogen-bond acceptors (Lipinski definition) is 2. The number of nitrogens with zero attached hydrogens (tertiary/aromatic N) is 3. The molecule has 0 aromatic rings. The van der Waals surface area contributed by atoms with Crippen LogP contribution in [0.15, 0.2) is 4.99 Å². The number of aliphatic imine (C=N–C) groups is 1. The second kappa shape index (κ2) is 4.12. The Kier molecular flexibility index (Phi) is 3.72. The fraction of sp³-hybridized carbons (Fsp3) is 0.714. The highest BCUT2D eigenvalue weighted by atomic mass is 19.4. The van der Waals surface area contributed by atoms with Gasteiger partial charge in [-0.3, -0.25) is 4.99 Å². The summed E-state index contributed by atoms with van der Waals surface area (Å²) in [6.45, 7) is 1.37. The van der Waals surface area contributed by atoms with Gasteiger partial charge in [0.05, 0.1) is 6.07 Å². The van der Waals surface area contributed by atoms with Crippen molar-refractivity contribution in [2.24, 2.45) is 4.99 Å². The first kappa shape index (κ1) is 11.8. The first-order chi connectivity index (χ1) is 5.84. The third-order valence-electron chi connectivity index (χ3n) is 1.57. The van der Waals surface area contributed by atoms with Gasteiger partial charge in [-0.15, -0.1) is 0 Å². The summed E-state index contributed by atoms with van der Waals surface area (Å²) in [6, 6.07) is 0.850. The number of nitriles is 1. The maximum Gasteiger partial charge on any atom is 0.449 e. The molecule has 1 atom stereocenters. The van der Waals surface area contributed by atoms with Gasteiger partial charge >= 0.3 is 6.18 Å². The third-order valence-corrected chi connectivity index (χ3v) is 1.57. The number of amidine groups is 1. The van der Waals surface area contributed by atoms with E-state index < -0.39 is 18.1 Å². The highest BCUT2D eigenvalue weighted by Crippen LogP contribution is 2.20. The molecule has 0 aliphatic heterocycles. The summed E-state index contributed by atoms with van der Waals surface area (Å²) in [5.41, 5.74) is 0. The lowest BCUT2D eigenvalue weighted by atomic mass is 10.3. The molecule has 0 saturated heterocycles. The molecule has 0 rings (SSSR count). The van der Waals surface area contributed by atoms with Crippen molar-refractivity contribution in [3.05, 3.63) is 0 Å². The predicted octanol–water partition coefficient (Wildman–Crippen LogP) is 1.42. The summed E-state index contributed by atoms with van der Waals surface area (Å²) in [5.74, 6) is -1.04. The normalized spacial score (nSPS) is 15.0. The maximum atomic E-state index is 12.2. The van der Waals surface area contributed by atoms with Crippen LogP contribution in [0.25, 0.3) is 0 Å². The largest absolute Gasteiger partial charge is 0.449 e. The van der Waals surface area contributed by atoms with Crippen LogP contribution in [0.2, 0.25) is 0 Å². The van der Waals surface area contributed by atoms with Gasteiger partial charge in [-0.1, -0.05) is 0 Å². The van der Waals surface area contributed by atoms with E-state index in [1.807, 2.05) is 0 Å². The van der Waals surface area contributed by atoms with Crippen LogP contribution in [0.3, 0.4) is 0 Å². The Labute approximate surface area is 74.5 Å². The monoisotopic (exact) mass is 193 g/mol. The Morgan fingerprint density at radius 3 is 2.23 bits per heavy atom. The number of halogens is 3. The summed E-state index contributed by atoms with van der Waals surface area (Å²) >= 11 is 0. The summed E-state index contributed by atoms with van der Waals surface area (Å²) in [4.78, 5) is 3.89. The first-order valence-electron chi connectivity index (χ1n) is 3.51. The van der Waals surface area contributed by atoms with Gasteiger partial charge in [0.15, 0.2) is 0 Å². The third kappa shape index (κ3) is 2.93. The zero-order chi connectivity index (χ0) is 10.6. The van der Waals surface area contributed by atoms with Gasteiger partial charge < -0.3 is 4.90 Å². The lowest BCUT2D eigenvalue weighted by Crippen LogP contribution is -2.43. The van der Waals surface area contributed by atoms with Gasteiger partial charge in [0.25, 0.3) is 0 Å². The van der Waals surface area contributed by atoms with Crippen molar-refractivity contribution >= 4 is 5.84 Å². The van der Waals surface area contributed by atoms with Gasteiger partial charge in [-0.2, -0.15) is 18.4 Å². The van der Waals surface area contributed by atoms with Crippen LogP contribution in [-0.2, 0) is 0 Å². The molecule has 6 heteroatoms. The summed E-state index contributed by atoms with van der Waals surface area (Å²) in [7, 11) is 2.23. The van der Waals surface area contributed by atoms with Crippen LogP contribution in [0.4, 0.5) is 13.2 Å². The minimum absolute atomic E-state index is 0.792. The van der Waals surface area contributed by atoms with E-state index in [-0.39, 0.29) is 0 Å². The van der Waals surface area contributed by atoms with Crippen molar-refractivity contribution in [2.45, 2.75) is 19.1 Å². The molecule has 3 nitrogen and oxygen atoms in total. The standard InChI is InChI=1S/C7H10F3N3/c1-5(4-11)13(3)6(12-2)7(8,9)10/h5H,1-3H3/b12-6-. The van der Waals surface area contributed by atoms with E-state index in [4.69, 9.17) is 5.26 Å². The summed E-state index contributed by atoms with van der Waals surface area (Å²) in [6.07, 6.45) is -4.51. The fourth-order valence-electron chi connectivity index (χ4n) is 0.755. The lowest BCUT2D eigenvalue weighted by Gasteiger charge is -2.24. The Bertz CT molecular complexity index is 238. The van der Waals surface area contributed by atoms with Gasteiger partial charge in [0.2, 0.25) is 5.84 Å². The average Bonchev–Trinajstić information content (AvgIpc) is 2.01. The summed E-state index contributed by atoms with van der Waals surface area (Å²) < 4.78 is 36.6. The van der Waals surface area contributed by atoms with Gasteiger partial charge in [-0.25, -0.2) is 0 Å². The van der Waals surface area contributed by atoms with Crippen molar-refractivity contribution in [1.82, 2.24) is 4.90 Å². The van der Waals surface area contributed by atoms with E-state index in [9.17, 15) is 13.2 Å². The number of alkyl halides is 3. The molecule has 1 unspecified atom stereocenters. The predicted molar refractivity (Wildman–Crippen MR) is 42.3 cm³/mol. The Balaban J connectivity index is 4.75. The molecule has 0 amide bonds. The molecule has 0 aliphatic carbocycles. The summed E-state index contributed by atoms with van der Waals surface area (Å²) in [5, 5.41) is 8.40. The quantitative estimate of drug-likeness (QED) is 0.466. The second-order valence-corrected chi connectivity index (χ2v) is 2.46. The molecule has 0 aromatic heterocycles. The SMILES string of the molecule is C/N=C(\N(C)C(C)C#N)C(F)(F)F. The molecule has 0 fully saturated rings. The van der Waals surface area contributed by atoms with E-state index in [1.54, 1.807) is 6.07 Å².